The van der Waals surface area contributed by atoms with E-state index in [-0.39, 0.29) is 17.7 Å². The molecule has 2 aliphatic rings. The van der Waals surface area contributed by atoms with Crippen molar-refractivity contribution in [3.05, 3.63) is 35.4 Å². The first-order valence-corrected chi connectivity index (χ1v) is 7.84. The van der Waals surface area contributed by atoms with Gasteiger partial charge >= 0.3 is 0 Å². The van der Waals surface area contributed by atoms with E-state index >= 15 is 0 Å². The molecule has 0 aliphatic carbocycles. The molecule has 0 bridgehead atoms. The fraction of sp³-hybridized carbons (Fsp3) is 0.529. The number of aliphatic hydroxyl groups is 1. The second kappa shape index (κ2) is 5.72. The lowest BCUT2D eigenvalue weighted by atomic mass is 10.0. The van der Waals surface area contributed by atoms with Crippen molar-refractivity contribution in [3.8, 4) is 0 Å². The standard InChI is InChI=1S/C17H22N2O3/c1-11(2)15(17(22)18-8-7-13(20)10-18)19-9-12-5-3-4-6-14(12)16(19)21/h3-6,11,13,15,20H,7-10H2,1-2H3. The van der Waals surface area contributed by atoms with Crippen LogP contribution in [0.4, 0.5) is 0 Å². The smallest absolute Gasteiger partial charge is 0.255 e. The van der Waals surface area contributed by atoms with Crippen molar-refractivity contribution in [3.63, 3.8) is 0 Å². The maximum Gasteiger partial charge on any atom is 0.255 e. The lowest BCUT2D eigenvalue weighted by molar-refractivity contribution is -0.137. The van der Waals surface area contributed by atoms with Crippen LogP contribution < -0.4 is 0 Å². The minimum atomic E-state index is -0.467. The van der Waals surface area contributed by atoms with E-state index in [0.717, 1.165) is 5.56 Å². The highest BCUT2D eigenvalue weighted by Crippen LogP contribution is 2.28. The topological polar surface area (TPSA) is 60.9 Å². The first-order valence-electron chi connectivity index (χ1n) is 7.84. The Morgan fingerprint density at radius 2 is 2.05 bits per heavy atom. The normalized spacial score (nSPS) is 22.4. The summed E-state index contributed by atoms with van der Waals surface area (Å²) >= 11 is 0. The van der Waals surface area contributed by atoms with Crippen LogP contribution in [0, 0.1) is 5.92 Å². The first kappa shape index (κ1) is 15.0. The van der Waals surface area contributed by atoms with Crippen LogP contribution >= 0.6 is 0 Å². The molecule has 2 heterocycles. The van der Waals surface area contributed by atoms with E-state index in [2.05, 4.69) is 0 Å². The number of nitrogens with zero attached hydrogens (tertiary/aromatic N) is 2. The molecule has 0 spiro atoms. The Morgan fingerprint density at radius 1 is 1.32 bits per heavy atom. The zero-order valence-electron chi connectivity index (χ0n) is 13.0. The van der Waals surface area contributed by atoms with Crippen LogP contribution in [0.3, 0.4) is 0 Å². The molecule has 1 aromatic rings. The van der Waals surface area contributed by atoms with Crippen molar-refractivity contribution in [2.45, 2.75) is 39.0 Å². The van der Waals surface area contributed by atoms with Gasteiger partial charge in [-0.1, -0.05) is 32.0 Å². The summed E-state index contributed by atoms with van der Waals surface area (Å²) in [6.07, 6.45) is 0.174. The number of β-amino-alcohol motifs (C(OH)–C–C–N with tert-alkyl or cyclic N) is 1. The Morgan fingerprint density at radius 3 is 2.64 bits per heavy atom. The first-order chi connectivity index (χ1) is 10.5. The third kappa shape index (κ3) is 2.50. The van der Waals surface area contributed by atoms with Crippen LogP contribution in [-0.2, 0) is 11.3 Å². The highest BCUT2D eigenvalue weighted by atomic mass is 16.3. The second-order valence-electron chi connectivity index (χ2n) is 6.51. The van der Waals surface area contributed by atoms with Gasteiger partial charge in [0.05, 0.1) is 6.10 Å². The predicted octanol–water partition coefficient (Wildman–Crippen LogP) is 1.26. The number of likely N-dealkylation sites (tertiary alicyclic amines) is 1. The molecule has 2 atom stereocenters. The summed E-state index contributed by atoms with van der Waals surface area (Å²) < 4.78 is 0. The summed E-state index contributed by atoms with van der Waals surface area (Å²) in [5.74, 6) is -0.0846. The monoisotopic (exact) mass is 302 g/mol. The van der Waals surface area contributed by atoms with Crippen LogP contribution in [0.15, 0.2) is 24.3 Å². The number of rotatable bonds is 3. The summed E-state index contributed by atoms with van der Waals surface area (Å²) in [6, 6.07) is 7.06. The largest absolute Gasteiger partial charge is 0.391 e. The van der Waals surface area contributed by atoms with Crippen molar-refractivity contribution >= 4 is 11.8 Å². The van der Waals surface area contributed by atoms with E-state index in [1.165, 1.54) is 0 Å². The highest BCUT2D eigenvalue weighted by Gasteiger charge is 2.40. The fourth-order valence-electron chi connectivity index (χ4n) is 3.41. The Labute approximate surface area is 130 Å². The molecule has 118 valence electrons. The minimum Gasteiger partial charge on any atom is -0.391 e. The minimum absolute atomic E-state index is 0.0310. The molecule has 1 aromatic carbocycles. The summed E-state index contributed by atoms with van der Waals surface area (Å²) in [7, 11) is 0. The number of fused-ring (bicyclic) bond motifs is 1. The van der Waals surface area contributed by atoms with Gasteiger partial charge in [0.1, 0.15) is 6.04 Å². The quantitative estimate of drug-likeness (QED) is 0.914. The highest BCUT2D eigenvalue weighted by molar-refractivity contribution is 6.01. The Balaban J connectivity index is 1.84. The Hall–Kier alpha value is -1.88. The molecule has 1 saturated heterocycles. The van der Waals surface area contributed by atoms with Gasteiger partial charge in [0, 0.05) is 25.2 Å². The molecule has 2 aliphatic heterocycles. The maximum absolute atomic E-state index is 12.8. The number of carbonyl (C=O) groups excluding carboxylic acids is 2. The average molecular weight is 302 g/mol. The molecule has 0 aromatic heterocycles. The van der Waals surface area contributed by atoms with Crippen molar-refractivity contribution in [1.82, 2.24) is 9.80 Å². The molecule has 0 radical (unpaired) electrons. The molecule has 3 rings (SSSR count). The lowest BCUT2D eigenvalue weighted by Crippen LogP contribution is -2.51. The van der Waals surface area contributed by atoms with E-state index in [1.807, 2.05) is 38.1 Å². The molecule has 1 fully saturated rings. The van der Waals surface area contributed by atoms with Crippen LogP contribution in [0.1, 0.15) is 36.2 Å². The molecular formula is C17H22N2O3. The van der Waals surface area contributed by atoms with E-state index in [4.69, 9.17) is 0 Å². The van der Waals surface area contributed by atoms with Crippen LogP contribution in [-0.4, -0.2) is 52.0 Å². The van der Waals surface area contributed by atoms with E-state index in [9.17, 15) is 14.7 Å². The predicted molar refractivity (Wildman–Crippen MR) is 82.1 cm³/mol. The Kier molecular flexibility index (Phi) is 3.91. The number of aliphatic hydroxyl groups excluding tert-OH is 1. The van der Waals surface area contributed by atoms with Crippen LogP contribution in [0.5, 0.6) is 0 Å². The average Bonchev–Trinajstić information content (AvgIpc) is 3.04. The van der Waals surface area contributed by atoms with Gasteiger partial charge in [0.15, 0.2) is 0 Å². The van der Waals surface area contributed by atoms with Gasteiger partial charge in [0.25, 0.3) is 5.91 Å². The fourth-order valence-corrected chi connectivity index (χ4v) is 3.41. The third-order valence-corrected chi connectivity index (χ3v) is 4.54. The molecular weight excluding hydrogens is 280 g/mol. The molecule has 1 N–H and O–H groups in total. The van der Waals surface area contributed by atoms with Crippen molar-refractivity contribution in [2.75, 3.05) is 13.1 Å². The number of carbonyl (C=O) groups is 2. The van der Waals surface area contributed by atoms with Crippen LogP contribution in [0.2, 0.25) is 0 Å². The van der Waals surface area contributed by atoms with Crippen LogP contribution in [0.25, 0.3) is 0 Å². The Bertz CT molecular complexity index is 599. The molecule has 0 saturated carbocycles. The number of benzene rings is 1. The van der Waals surface area contributed by atoms with Crippen molar-refractivity contribution in [2.24, 2.45) is 5.92 Å². The maximum atomic E-state index is 12.8. The zero-order chi connectivity index (χ0) is 15.9. The second-order valence-corrected chi connectivity index (χ2v) is 6.51. The molecule has 5 heteroatoms. The van der Waals surface area contributed by atoms with Gasteiger partial charge in [-0.05, 0) is 24.0 Å². The summed E-state index contributed by atoms with van der Waals surface area (Å²) in [4.78, 5) is 28.8. The van der Waals surface area contributed by atoms with E-state index in [0.29, 0.717) is 31.6 Å². The molecule has 5 nitrogen and oxygen atoms in total. The molecule has 2 unspecified atom stereocenters. The SMILES string of the molecule is CC(C)C(C(=O)N1CCC(O)C1)N1Cc2ccccc2C1=O. The summed E-state index contributed by atoms with van der Waals surface area (Å²) in [5, 5.41) is 9.65. The number of hydrogen-bond acceptors (Lipinski definition) is 3. The van der Waals surface area contributed by atoms with Gasteiger partial charge in [-0.15, -0.1) is 0 Å². The molecule has 22 heavy (non-hydrogen) atoms. The number of amides is 2. The molecule has 2 amide bonds. The van der Waals surface area contributed by atoms with Gasteiger partial charge < -0.3 is 14.9 Å². The zero-order valence-corrected chi connectivity index (χ0v) is 13.0. The van der Waals surface area contributed by atoms with Crippen molar-refractivity contribution < 1.29 is 14.7 Å². The van der Waals surface area contributed by atoms with Gasteiger partial charge in [-0.3, -0.25) is 9.59 Å². The van der Waals surface area contributed by atoms with Gasteiger partial charge in [-0.2, -0.15) is 0 Å². The van der Waals surface area contributed by atoms with Crippen molar-refractivity contribution in [1.29, 1.82) is 0 Å². The summed E-state index contributed by atoms with van der Waals surface area (Å²) in [5.41, 5.74) is 1.68. The summed E-state index contributed by atoms with van der Waals surface area (Å²) in [6.45, 7) is 5.35. The number of hydrogen-bond donors (Lipinski definition) is 1. The van der Waals surface area contributed by atoms with Gasteiger partial charge in [-0.25, -0.2) is 0 Å². The third-order valence-electron chi connectivity index (χ3n) is 4.54. The van der Waals surface area contributed by atoms with E-state index in [1.54, 1.807) is 9.80 Å². The van der Waals surface area contributed by atoms with E-state index < -0.39 is 12.1 Å². The lowest BCUT2D eigenvalue weighted by Gasteiger charge is -2.33. The van der Waals surface area contributed by atoms with Gasteiger partial charge in [0.2, 0.25) is 5.91 Å².